The first-order valence-electron chi connectivity index (χ1n) is 8.14. The van der Waals surface area contributed by atoms with Crippen LogP contribution in [0, 0.1) is 19.8 Å². The van der Waals surface area contributed by atoms with Gasteiger partial charge in [-0.15, -0.1) is 10.2 Å². The largest absolute Gasteiger partial charge is 0.321 e. The Morgan fingerprint density at radius 2 is 2.04 bits per heavy atom. The van der Waals surface area contributed by atoms with Gasteiger partial charge in [0.05, 0.1) is 11.4 Å². The van der Waals surface area contributed by atoms with Crippen molar-refractivity contribution < 1.29 is 8.42 Å². The molecule has 8 nitrogen and oxygen atoms in total. The molecule has 1 atom stereocenters. The first-order chi connectivity index (χ1) is 11.3. The molecule has 1 unspecified atom stereocenters. The lowest BCUT2D eigenvalue weighted by atomic mass is 9.96. The second-order valence-corrected chi connectivity index (χ2v) is 8.43. The van der Waals surface area contributed by atoms with Gasteiger partial charge in [-0.3, -0.25) is 4.68 Å². The highest BCUT2D eigenvalue weighted by atomic mass is 32.2. The summed E-state index contributed by atoms with van der Waals surface area (Å²) in [4.78, 5) is 0.351. The number of hydrogen-bond donors (Lipinski definition) is 0. The summed E-state index contributed by atoms with van der Waals surface area (Å²) in [5, 5.41) is 12.3. The number of hydrogen-bond acceptors (Lipinski definition) is 5. The van der Waals surface area contributed by atoms with Crippen molar-refractivity contribution in [1.29, 1.82) is 0 Å². The summed E-state index contributed by atoms with van der Waals surface area (Å²) >= 11 is 0. The maximum absolute atomic E-state index is 13.1. The van der Waals surface area contributed by atoms with Gasteiger partial charge in [0, 0.05) is 33.6 Å². The molecule has 0 saturated carbocycles. The molecule has 0 bridgehead atoms. The molecule has 24 heavy (non-hydrogen) atoms. The minimum Gasteiger partial charge on any atom is -0.321 e. The Morgan fingerprint density at radius 1 is 1.29 bits per heavy atom. The van der Waals surface area contributed by atoms with Gasteiger partial charge in [-0.25, -0.2) is 8.42 Å². The zero-order valence-electron chi connectivity index (χ0n) is 14.6. The van der Waals surface area contributed by atoms with Gasteiger partial charge in [0.25, 0.3) is 0 Å². The molecule has 0 amide bonds. The van der Waals surface area contributed by atoms with Crippen molar-refractivity contribution in [1.82, 2.24) is 28.9 Å². The van der Waals surface area contributed by atoms with Crippen LogP contribution in [-0.4, -0.2) is 50.4 Å². The van der Waals surface area contributed by atoms with E-state index >= 15 is 0 Å². The van der Waals surface area contributed by atoms with E-state index in [0.29, 0.717) is 29.4 Å². The van der Waals surface area contributed by atoms with Gasteiger partial charge in [0.2, 0.25) is 10.0 Å². The number of nitrogens with zero attached hydrogens (tertiary/aromatic N) is 6. The first kappa shape index (κ1) is 17.1. The second-order valence-electron chi connectivity index (χ2n) is 6.56. The molecule has 1 saturated heterocycles. The molecule has 1 fully saturated rings. The highest BCUT2D eigenvalue weighted by Gasteiger charge is 2.34. The van der Waals surface area contributed by atoms with Crippen LogP contribution in [0.5, 0.6) is 0 Å². The number of piperidine rings is 1. The Bertz CT molecular complexity index is 838. The Morgan fingerprint density at radius 3 is 2.62 bits per heavy atom. The molecular weight excluding hydrogens is 328 g/mol. The van der Waals surface area contributed by atoms with E-state index in [2.05, 4.69) is 15.3 Å². The van der Waals surface area contributed by atoms with Crippen molar-refractivity contribution in [2.24, 2.45) is 20.0 Å². The average molecular weight is 352 g/mol. The van der Waals surface area contributed by atoms with E-state index in [0.717, 1.165) is 25.1 Å². The molecule has 0 aromatic carbocycles. The van der Waals surface area contributed by atoms with Crippen molar-refractivity contribution in [3.8, 4) is 0 Å². The summed E-state index contributed by atoms with van der Waals surface area (Å²) in [6, 6.07) is 0. The molecule has 3 heterocycles. The minimum atomic E-state index is -3.52. The smallest absolute Gasteiger partial charge is 0.246 e. The summed E-state index contributed by atoms with van der Waals surface area (Å²) < 4.78 is 31.3. The normalized spacial score (nSPS) is 19.8. The zero-order chi connectivity index (χ0) is 17.5. The number of rotatable bonds is 4. The first-order valence-corrected chi connectivity index (χ1v) is 9.58. The SMILES string of the molecule is Cc1nn(C)c(C)c1S(=O)(=O)N1CCCC(Cc2nncn2C)C1. The zero-order valence-corrected chi connectivity index (χ0v) is 15.4. The standard InChI is InChI=1S/C15H24N6O2S/c1-11-15(12(2)20(4)18-11)24(22,23)21-7-5-6-13(9-21)8-14-17-16-10-19(14)3/h10,13H,5-9H2,1-4H3. The quantitative estimate of drug-likeness (QED) is 0.813. The van der Waals surface area contributed by atoms with E-state index in [1.165, 1.54) is 0 Å². The third kappa shape index (κ3) is 2.98. The lowest BCUT2D eigenvalue weighted by Gasteiger charge is -2.31. The predicted octanol–water partition coefficient (Wildman–Crippen LogP) is 0.809. The van der Waals surface area contributed by atoms with Crippen LogP contribution < -0.4 is 0 Å². The number of aryl methyl sites for hydroxylation is 3. The van der Waals surface area contributed by atoms with Gasteiger partial charge >= 0.3 is 0 Å². The van der Waals surface area contributed by atoms with Crippen LogP contribution in [0.3, 0.4) is 0 Å². The van der Waals surface area contributed by atoms with Gasteiger partial charge < -0.3 is 4.57 Å². The van der Waals surface area contributed by atoms with E-state index in [1.807, 2.05) is 11.6 Å². The minimum absolute atomic E-state index is 0.258. The average Bonchev–Trinajstić information content (AvgIpc) is 3.03. The van der Waals surface area contributed by atoms with Gasteiger partial charge in [-0.2, -0.15) is 9.40 Å². The summed E-state index contributed by atoms with van der Waals surface area (Å²) in [5.74, 6) is 1.15. The van der Waals surface area contributed by atoms with Gasteiger partial charge in [-0.1, -0.05) is 0 Å². The third-order valence-electron chi connectivity index (χ3n) is 4.80. The Hall–Kier alpha value is -1.74. The van der Waals surface area contributed by atoms with Crippen LogP contribution in [0.25, 0.3) is 0 Å². The van der Waals surface area contributed by atoms with Crippen LogP contribution in [-0.2, 0) is 30.5 Å². The lowest BCUT2D eigenvalue weighted by molar-refractivity contribution is 0.261. The number of aromatic nitrogens is 5. The number of sulfonamides is 1. The van der Waals surface area contributed by atoms with E-state index in [1.54, 1.807) is 36.2 Å². The molecule has 9 heteroatoms. The lowest BCUT2D eigenvalue weighted by Crippen LogP contribution is -2.41. The topological polar surface area (TPSA) is 85.9 Å². The molecule has 0 aliphatic carbocycles. The molecular formula is C15H24N6O2S. The van der Waals surface area contributed by atoms with E-state index in [-0.39, 0.29) is 5.92 Å². The molecule has 3 rings (SSSR count). The fourth-order valence-corrected chi connectivity index (χ4v) is 5.37. The summed E-state index contributed by atoms with van der Waals surface area (Å²) in [6.45, 7) is 4.63. The summed E-state index contributed by atoms with van der Waals surface area (Å²) in [6.07, 6.45) is 4.28. The van der Waals surface area contributed by atoms with Crippen LogP contribution in [0.15, 0.2) is 11.2 Å². The van der Waals surface area contributed by atoms with Crippen LogP contribution >= 0.6 is 0 Å². The van der Waals surface area contributed by atoms with E-state index in [9.17, 15) is 8.42 Å². The van der Waals surface area contributed by atoms with Gasteiger partial charge in [0.15, 0.2) is 0 Å². The summed E-state index contributed by atoms with van der Waals surface area (Å²) in [5.41, 5.74) is 1.24. The Balaban J connectivity index is 1.82. The van der Waals surface area contributed by atoms with Crippen LogP contribution in [0.2, 0.25) is 0 Å². The molecule has 1 aliphatic rings. The van der Waals surface area contributed by atoms with Gasteiger partial charge in [0.1, 0.15) is 17.0 Å². The molecule has 2 aromatic heterocycles. The van der Waals surface area contributed by atoms with Gasteiger partial charge in [-0.05, 0) is 32.6 Å². The van der Waals surface area contributed by atoms with Crippen molar-refractivity contribution >= 4 is 10.0 Å². The fraction of sp³-hybridized carbons (Fsp3) is 0.667. The molecule has 0 N–H and O–H groups in total. The van der Waals surface area contributed by atoms with Crippen LogP contribution in [0.1, 0.15) is 30.1 Å². The fourth-order valence-electron chi connectivity index (χ4n) is 3.42. The highest BCUT2D eigenvalue weighted by molar-refractivity contribution is 7.89. The van der Waals surface area contributed by atoms with Crippen molar-refractivity contribution in [2.75, 3.05) is 13.1 Å². The molecule has 0 radical (unpaired) electrons. The monoisotopic (exact) mass is 352 g/mol. The predicted molar refractivity (Wildman–Crippen MR) is 88.9 cm³/mol. The maximum Gasteiger partial charge on any atom is 0.246 e. The summed E-state index contributed by atoms with van der Waals surface area (Å²) in [7, 11) is 0.167. The molecule has 2 aromatic rings. The van der Waals surface area contributed by atoms with Crippen molar-refractivity contribution in [2.45, 2.75) is 38.0 Å². The third-order valence-corrected chi connectivity index (χ3v) is 6.92. The molecule has 132 valence electrons. The molecule has 1 aliphatic heterocycles. The molecule has 0 spiro atoms. The van der Waals surface area contributed by atoms with Crippen molar-refractivity contribution in [3.05, 3.63) is 23.5 Å². The highest BCUT2D eigenvalue weighted by Crippen LogP contribution is 2.28. The second kappa shape index (κ2) is 6.29. The van der Waals surface area contributed by atoms with E-state index in [4.69, 9.17) is 0 Å². The van der Waals surface area contributed by atoms with Crippen LogP contribution in [0.4, 0.5) is 0 Å². The Kier molecular flexibility index (Phi) is 4.48. The Labute approximate surface area is 142 Å². The van der Waals surface area contributed by atoms with E-state index < -0.39 is 10.0 Å². The maximum atomic E-state index is 13.1. The van der Waals surface area contributed by atoms with Crippen molar-refractivity contribution in [3.63, 3.8) is 0 Å².